The van der Waals surface area contributed by atoms with E-state index in [9.17, 15) is 4.79 Å². The van der Waals surface area contributed by atoms with Gasteiger partial charge < -0.3 is 9.47 Å². The Bertz CT molecular complexity index is 801. The fourth-order valence-electron chi connectivity index (χ4n) is 4.29. The minimum atomic E-state index is -0.279. The zero-order valence-corrected chi connectivity index (χ0v) is 16.2. The van der Waals surface area contributed by atoms with Crippen molar-refractivity contribution < 1.29 is 14.3 Å². The second-order valence-corrected chi connectivity index (χ2v) is 7.40. The number of carbonyl (C=O) groups is 1. The summed E-state index contributed by atoms with van der Waals surface area (Å²) in [5.41, 5.74) is 4.87. The third-order valence-corrected chi connectivity index (χ3v) is 5.64. The lowest BCUT2D eigenvalue weighted by atomic mass is 9.65. The molecule has 0 saturated heterocycles. The van der Waals surface area contributed by atoms with Crippen LogP contribution in [0.1, 0.15) is 76.1 Å². The van der Waals surface area contributed by atoms with Crippen molar-refractivity contribution in [1.29, 1.82) is 0 Å². The summed E-state index contributed by atoms with van der Waals surface area (Å²) >= 11 is 0. The Kier molecular flexibility index (Phi) is 8.29. The number of esters is 1. The first-order valence-electron chi connectivity index (χ1n) is 9.41. The van der Waals surface area contributed by atoms with Gasteiger partial charge in [-0.15, -0.1) is 0 Å². The van der Waals surface area contributed by atoms with E-state index in [0.29, 0.717) is 5.75 Å². The lowest BCUT2D eigenvalue weighted by molar-refractivity contribution is -0.131. The largest absolute Gasteiger partial charge is 0.496 e. The number of carbonyl (C=O) groups excluding carboxylic acids is 1. The minimum absolute atomic E-state index is 0. The highest BCUT2D eigenvalue weighted by atomic mass is 16.5. The normalized spacial score (nSPS) is 15.0. The maximum Gasteiger partial charge on any atom is 0.308 e. The van der Waals surface area contributed by atoms with Crippen LogP contribution in [0, 0.1) is 13.8 Å². The molecule has 0 heterocycles. The Labute approximate surface area is 171 Å². The van der Waals surface area contributed by atoms with Crippen molar-refractivity contribution in [3.05, 3.63) is 58.7 Å². The fraction of sp³-hybridized carbons (Fsp3) is 0.480. The maximum absolute atomic E-state index is 11.3. The molecule has 28 heavy (non-hydrogen) atoms. The van der Waals surface area contributed by atoms with Crippen molar-refractivity contribution in [2.45, 2.75) is 73.1 Å². The van der Waals surface area contributed by atoms with Gasteiger partial charge in [-0.25, -0.2) is 0 Å². The zero-order valence-electron chi connectivity index (χ0n) is 16.2. The van der Waals surface area contributed by atoms with Crippen LogP contribution in [0.5, 0.6) is 11.5 Å². The Morgan fingerprint density at radius 3 is 1.79 bits per heavy atom. The lowest BCUT2D eigenvalue weighted by Gasteiger charge is -2.39. The van der Waals surface area contributed by atoms with E-state index in [4.69, 9.17) is 9.47 Å². The first kappa shape index (κ1) is 23.7. The molecule has 3 heteroatoms. The standard InChI is InChI=1S/C23H28O3.2CH4/c1-16-14-19(8-10-21(16)25-4)23(12-6-5-7-13-23)20-9-11-22(17(2)15-20)26-18(3)24;;/h8-11,14-15H,5-7,12-13H2,1-4H3;2*1H4. The van der Waals surface area contributed by atoms with Crippen molar-refractivity contribution in [3.8, 4) is 11.5 Å². The maximum atomic E-state index is 11.3. The molecule has 2 aromatic rings. The molecule has 1 aliphatic carbocycles. The molecule has 3 rings (SSSR count). The average molecular weight is 385 g/mol. The van der Waals surface area contributed by atoms with E-state index in [1.807, 2.05) is 13.0 Å². The van der Waals surface area contributed by atoms with Crippen LogP contribution in [0.25, 0.3) is 0 Å². The van der Waals surface area contributed by atoms with Crippen LogP contribution in [0.2, 0.25) is 0 Å². The molecule has 1 fully saturated rings. The molecular formula is C25H36O3. The number of methoxy groups -OCH3 is 1. The van der Waals surface area contributed by atoms with Crippen molar-refractivity contribution in [2.24, 2.45) is 0 Å². The third kappa shape index (κ3) is 4.57. The van der Waals surface area contributed by atoms with Crippen LogP contribution in [0.15, 0.2) is 36.4 Å². The monoisotopic (exact) mass is 384 g/mol. The molecule has 1 aliphatic rings. The molecule has 0 aliphatic heterocycles. The minimum Gasteiger partial charge on any atom is -0.496 e. The summed E-state index contributed by atoms with van der Waals surface area (Å²) in [5, 5.41) is 0. The van der Waals surface area contributed by atoms with Gasteiger partial charge in [0.15, 0.2) is 0 Å². The first-order valence-corrected chi connectivity index (χ1v) is 9.41. The summed E-state index contributed by atoms with van der Waals surface area (Å²) in [6, 6.07) is 12.9. The Hall–Kier alpha value is -2.29. The van der Waals surface area contributed by atoms with Crippen LogP contribution < -0.4 is 9.47 Å². The fourth-order valence-corrected chi connectivity index (χ4v) is 4.29. The molecule has 0 aromatic heterocycles. The van der Waals surface area contributed by atoms with Gasteiger partial charge in [-0.2, -0.15) is 0 Å². The molecule has 0 spiro atoms. The van der Waals surface area contributed by atoms with E-state index < -0.39 is 0 Å². The van der Waals surface area contributed by atoms with Gasteiger partial charge in [0.1, 0.15) is 11.5 Å². The van der Waals surface area contributed by atoms with E-state index in [-0.39, 0.29) is 26.2 Å². The predicted octanol–water partition coefficient (Wildman–Crippen LogP) is 6.76. The second-order valence-electron chi connectivity index (χ2n) is 7.40. The number of rotatable bonds is 4. The Morgan fingerprint density at radius 1 is 0.857 bits per heavy atom. The van der Waals surface area contributed by atoms with Crippen molar-refractivity contribution >= 4 is 5.97 Å². The van der Waals surface area contributed by atoms with Gasteiger partial charge in [0, 0.05) is 12.3 Å². The molecule has 3 nitrogen and oxygen atoms in total. The van der Waals surface area contributed by atoms with Gasteiger partial charge >= 0.3 is 5.97 Å². The van der Waals surface area contributed by atoms with Crippen LogP contribution in [0.4, 0.5) is 0 Å². The van der Waals surface area contributed by atoms with Crippen molar-refractivity contribution in [1.82, 2.24) is 0 Å². The smallest absolute Gasteiger partial charge is 0.308 e. The number of hydrogen-bond acceptors (Lipinski definition) is 3. The third-order valence-electron chi connectivity index (χ3n) is 5.64. The molecule has 0 atom stereocenters. The second kappa shape index (κ2) is 9.77. The van der Waals surface area contributed by atoms with E-state index in [1.54, 1.807) is 7.11 Å². The van der Waals surface area contributed by atoms with Gasteiger partial charge in [-0.1, -0.05) is 58.4 Å². The van der Waals surface area contributed by atoms with E-state index in [1.165, 1.54) is 42.9 Å². The highest BCUT2D eigenvalue weighted by Gasteiger charge is 2.36. The predicted molar refractivity (Wildman–Crippen MR) is 118 cm³/mol. The highest BCUT2D eigenvalue weighted by molar-refractivity contribution is 5.70. The number of hydrogen-bond donors (Lipinski definition) is 0. The topological polar surface area (TPSA) is 35.5 Å². The summed E-state index contributed by atoms with van der Waals surface area (Å²) in [6.07, 6.45) is 6.04. The zero-order chi connectivity index (χ0) is 18.7. The molecule has 0 bridgehead atoms. The summed E-state index contributed by atoms with van der Waals surface area (Å²) in [6.45, 7) is 5.56. The van der Waals surface area contributed by atoms with E-state index in [2.05, 4.69) is 37.3 Å². The molecule has 1 saturated carbocycles. The van der Waals surface area contributed by atoms with Crippen molar-refractivity contribution in [2.75, 3.05) is 7.11 Å². The van der Waals surface area contributed by atoms with Gasteiger partial charge in [0.25, 0.3) is 0 Å². The van der Waals surface area contributed by atoms with Gasteiger partial charge in [-0.3, -0.25) is 4.79 Å². The van der Waals surface area contributed by atoms with E-state index in [0.717, 1.165) is 24.2 Å². The number of aryl methyl sites for hydroxylation is 2. The van der Waals surface area contributed by atoms with Crippen LogP contribution >= 0.6 is 0 Å². The molecule has 0 N–H and O–H groups in total. The quantitative estimate of drug-likeness (QED) is 0.431. The summed E-state index contributed by atoms with van der Waals surface area (Å²) in [7, 11) is 1.72. The lowest BCUT2D eigenvalue weighted by Crippen LogP contribution is -2.30. The molecule has 154 valence electrons. The highest BCUT2D eigenvalue weighted by Crippen LogP contribution is 2.46. The first-order chi connectivity index (χ1) is 12.5. The van der Waals surface area contributed by atoms with Gasteiger partial charge in [0.2, 0.25) is 0 Å². The molecule has 0 radical (unpaired) electrons. The van der Waals surface area contributed by atoms with Crippen molar-refractivity contribution in [3.63, 3.8) is 0 Å². The number of benzene rings is 2. The molecule has 2 aromatic carbocycles. The van der Waals surface area contributed by atoms with Crippen LogP contribution in [0.3, 0.4) is 0 Å². The van der Waals surface area contributed by atoms with Gasteiger partial charge in [-0.05, 0) is 61.1 Å². The van der Waals surface area contributed by atoms with Crippen LogP contribution in [-0.4, -0.2) is 13.1 Å². The summed E-state index contributed by atoms with van der Waals surface area (Å²) in [4.78, 5) is 11.3. The summed E-state index contributed by atoms with van der Waals surface area (Å²) < 4.78 is 10.8. The molecular weight excluding hydrogens is 348 g/mol. The summed E-state index contributed by atoms with van der Waals surface area (Å²) in [5.74, 6) is 1.30. The SMILES string of the molecule is C.C.COc1ccc(C2(c3ccc(OC(C)=O)c(C)c3)CCCCC2)cc1C. The van der Waals surface area contributed by atoms with Crippen LogP contribution in [-0.2, 0) is 10.2 Å². The number of ether oxygens (including phenoxy) is 2. The molecule has 0 unspecified atom stereocenters. The Balaban J connectivity index is 0.00000196. The van der Waals surface area contributed by atoms with E-state index >= 15 is 0 Å². The average Bonchev–Trinajstić information content (AvgIpc) is 2.63. The Morgan fingerprint density at radius 2 is 1.36 bits per heavy atom. The van der Waals surface area contributed by atoms with Gasteiger partial charge in [0.05, 0.1) is 7.11 Å². The molecule has 0 amide bonds.